The number of benzene rings is 2. The number of carbonyl (C=O) groups is 2. The van der Waals surface area contributed by atoms with E-state index >= 15 is 0 Å². The van der Waals surface area contributed by atoms with Gasteiger partial charge in [-0.25, -0.2) is 0 Å². The second-order valence-corrected chi connectivity index (χ2v) is 8.42. The number of ether oxygens (including phenoxy) is 1. The number of methoxy groups -OCH3 is 1. The van der Waals surface area contributed by atoms with E-state index in [9.17, 15) is 9.59 Å². The van der Waals surface area contributed by atoms with Crippen molar-refractivity contribution in [3.8, 4) is 5.75 Å². The van der Waals surface area contributed by atoms with Gasteiger partial charge >= 0.3 is 0 Å². The average Bonchev–Trinajstić information content (AvgIpc) is 2.95. The lowest BCUT2D eigenvalue weighted by molar-refractivity contribution is -0.122. The van der Waals surface area contributed by atoms with Crippen LogP contribution in [0.2, 0.25) is 0 Å². The number of nitrogens with one attached hydrogen (secondary N) is 1. The normalized spacial score (nSPS) is 15.2. The first kappa shape index (κ1) is 20.6. The SMILES string of the molecule is COc1cccc(/C=C2\SC(=S)N(CCC(=O)Nc3ccccc3Br)C2=O)c1. The summed E-state index contributed by atoms with van der Waals surface area (Å²) in [7, 11) is 1.59. The zero-order valence-corrected chi connectivity index (χ0v) is 18.2. The second kappa shape index (κ2) is 9.36. The monoisotopic (exact) mass is 476 g/mol. The molecule has 0 saturated carbocycles. The van der Waals surface area contributed by atoms with Crippen molar-refractivity contribution in [1.82, 2.24) is 4.90 Å². The highest BCUT2D eigenvalue weighted by Crippen LogP contribution is 2.33. The molecule has 2 aromatic rings. The molecular weight excluding hydrogens is 460 g/mol. The van der Waals surface area contributed by atoms with Crippen molar-refractivity contribution in [2.75, 3.05) is 19.0 Å². The number of rotatable bonds is 6. The van der Waals surface area contributed by atoms with Crippen molar-refractivity contribution in [3.05, 3.63) is 63.5 Å². The molecule has 0 aliphatic carbocycles. The van der Waals surface area contributed by atoms with Crippen LogP contribution in [-0.2, 0) is 9.59 Å². The summed E-state index contributed by atoms with van der Waals surface area (Å²) in [6, 6.07) is 14.8. The number of thioether (sulfide) groups is 1. The number of carbonyl (C=O) groups excluding carboxylic acids is 2. The van der Waals surface area contributed by atoms with Crippen LogP contribution < -0.4 is 10.1 Å². The third-order valence-electron chi connectivity index (χ3n) is 3.98. The Morgan fingerprint density at radius 2 is 2.07 bits per heavy atom. The highest BCUT2D eigenvalue weighted by molar-refractivity contribution is 9.10. The van der Waals surface area contributed by atoms with Crippen molar-refractivity contribution in [2.45, 2.75) is 6.42 Å². The Morgan fingerprint density at radius 3 is 2.82 bits per heavy atom. The zero-order valence-electron chi connectivity index (χ0n) is 15.0. The number of hydrogen-bond donors (Lipinski definition) is 1. The van der Waals surface area contributed by atoms with Crippen molar-refractivity contribution >= 4 is 67.8 Å². The molecule has 0 radical (unpaired) electrons. The third kappa shape index (κ3) is 5.01. The van der Waals surface area contributed by atoms with Crippen LogP contribution in [0, 0.1) is 0 Å². The van der Waals surface area contributed by atoms with Gasteiger partial charge in [0.2, 0.25) is 5.91 Å². The molecule has 2 amide bonds. The Labute approximate surface area is 181 Å². The summed E-state index contributed by atoms with van der Waals surface area (Å²) in [6.45, 7) is 0.233. The van der Waals surface area contributed by atoms with Gasteiger partial charge in [0.1, 0.15) is 10.1 Å². The molecule has 1 aliphatic heterocycles. The molecule has 3 rings (SSSR count). The van der Waals surface area contributed by atoms with Gasteiger partial charge in [-0.05, 0) is 51.8 Å². The van der Waals surface area contributed by atoms with Gasteiger partial charge in [-0.15, -0.1) is 0 Å². The molecule has 1 N–H and O–H groups in total. The van der Waals surface area contributed by atoms with Crippen LogP contribution in [0.3, 0.4) is 0 Å². The molecule has 2 aromatic carbocycles. The summed E-state index contributed by atoms with van der Waals surface area (Å²) >= 11 is 9.95. The predicted octanol–water partition coefficient (Wildman–Crippen LogP) is 4.69. The van der Waals surface area contributed by atoms with Crippen LogP contribution in [0.25, 0.3) is 6.08 Å². The minimum absolute atomic E-state index is 0.153. The lowest BCUT2D eigenvalue weighted by Crippen LogP contribution is -2.31. The van der Waals surface area contributed by atoms with Gasteiger partial charge in [0.15, 0.2) is 0 Å². The molecule has 0 atom stereocenters. The highest BCUT2D eigenvalue weighted by atomic mass is 79.9. The Kier molecular flexibility index (Phi) is 6.88. The zero-order chi connectivity index (χ0) is 20.1. The van der Waals surface area contributed by atoms with E-state index in [2.05, 4.69) is 21.2 Å². The molecule has 1 saturated heterocycles. The maximum absolute atomic E-state index is 12.7. The largest absolute Gasteiger partial charge is 0.497 e. The minimum Gasteiger partial charge on any atom is -0.497 e. The molecule has 144 valence electrons. The molecular formula is C20H17BrN2O3S2. The van der Waals surface area contributed by atoms with Crippen LogP contribution in [0.4, 0.5) is 5.69 Å². The molecule has 0 spiro atoms. The van der Waals surface area contributed by atoms with Crippen LogP contribution in [0.15, 0.2) is 57.9 Å². The first-order chi connectivity index (χ1) is 13.5. The van der Waals surface area contributed by atoms with E-state index in [1.54, 1.807) is 19.3 Å². The fourth-order valence-corrected chi connectivity index (χ4v) is 4.26. The highest BCUT2D eigenvalue weighted by Gasteiger charge is 2.32. The molecule has 8 heteroatoms. The number of anilines is 1. The summed E-state index contributed by atoms with van der Waals surface area (Å²) < 4.78 is 6.46. The van der Waals surface area contributed by atoms with E-state index < -0.39 is 0 Å². The molecule has 1 heterocycles. The Hall–Kier alpha value is -2.16. The molecule has 1 aliphatic rings. The van der Waals surface area contributed by atoms with E-state index in [1.165, 1.54) is 16.7 Å². The Morgan fingerprint density at radius 1 is 1.29 bits per heavy atom. The van der Waals surface area contributed by atoms with Gasteiger partial charge in [0, 0.05) is 17.4 Å². The van der Waals surface area contributed by atoms with Crippen LogP contribution in [0.1, 0.15) is 12.0 Å². The standard InChI is InChI=1S/C20H17BrN2O3S2/c1-26-14-6-4-5-13(11-14)12-17-19(25)23(20(27)28-17)10-9-18(24)22-16-8-3-2-7-15(16)21/h2-8,11-12H,9-10H2,1H3,(H,22,24)/b17-12-. The molecule has 0 bridgehead atoms. The van der Waals surface area contributed by atoms with Crippen LogP contribution >= 0.6 is 39.9 Å². The van der Waals surface area contributed by atoms with Gasteiger partial charge in [-0.2, -0.15) is 0 Å². The maximum Gasteiger partial charge on any atom is 0.266 e. The van der Waals surface area contributed by atoms with Crippen LogP contribution in [-0.4, -0.2) is 34.7 Å². The van der Waals surface area contributed by atoms with Crippen molar-refractivity contribution in [2.24, 2.45) is 0 Å². The van der Waals surface area contributed by atoms with Crippen molar-refractivity contribution in [1.29, 1.82) is 0 Å². The first-order valence-electron chi connectivity index (χ1n) is 8.42. The smallest absolute Gasteiger partial charge is 0.266 e. The number of para-hydroxylation sites is 1. The van der Waals surface area contributed by atoms with E-state index in [0.29, 0.717) is 20.7 Å². The topological polar surface area (TPSA) is 58.6 Å². The first-order valence-corrected chi connectivity index (χ1v) is 10.4. The fraction of sp³-hybridized carbons (Fsp3) is 0.150. The van der Waals surface area contributed by atoms with Crippen molar-refractivity contribution in [3.63, 3.8) is 0 Å². The second-order valence-electron chi connectivity index (χ2n) is 5.89. The Balaban J connectivity index is 1.63. The average molecular weight is 477 g/mol. The number of halogens is 1. The van der Waals surface area contributed by atoms with Crippen molar-refractivity contribution < 1.29 is 14.3 Å². The van der Waals surface area contributed by atoms with E-state index in [1.807, 2.05) is 42.5 Å². The number of nitrogens with zero attached hydrogens (tertiary/aromatic N) is 1. The van der Waals surface area contributed by atoms with E-state index in [4.69, 9.17) is 17.0 Å². The summed E-state index contributed by atoms with van der Waals surface area (Å²) in [6.07, 6.45) is 1.93. The lowest BCUT2D eigenvalue weighted by Gasteiger charge is -2.14. The quantitative estimate of drug-likeness (QED) is 0.484. The van der Waals surface area contributed by atoms with E-state index in [0.717, 1.165) is 10.0 Å². The number of thiocarbonyl (C=S) groups is 1. The molecule has 5 nitrogen and oxygen atoms in total. The predicted molar refractivity (Wildman–Crippen MR) is 120 cm³/mol. The molecule has 1 fully saturated rings. The van der Waals surface area contributed by atoms with Crippen LogP contribution in [0.5, 0.6) is 5.75 Å². The number of amides is 2. The van der Waals surface area contributed by atoms with Gasteiger partial charge in [0.05, 0.1) is 17.7 Å². The molecule has 28 heavy (non-hydrogen) atoms. The van der Waals surface area contributed by atoms with Gasteiger partial charge in [-0.1, -0.05) is 48.2 Å². The van der Waals surface area contributed by atoms with Gasteiger partial charge in [-0.3, -0.25) is 14.5 Å². The Bertz CT molecular complexity index is 962. The fourth-order valence-electron chi connectivity index (χ4n) is 2.56. The summed E-state index contributed by atoms with van der Waals surface area (Å²) in [5.74, 6) is 0.345. The summed E-state index contributed by atoms with van der Waals surface area (Å²) in [5, 5.41) is 2.83. The van der Waals surface area contributed by atoms with Gasteiger partial charge < -0.3 is 10.1 Å². The van der Waals surface area contributed by atoms with E-state index in [-0.39, 0.29) is 24.8 Å². The lowest BCUT2D eigenvalue weighted by atomic mass is 10.2. The van der Waals surface area contributed by atoms with Gasteiger partial charge in [0.25, 0.3) is 5.91 Å². The summed E-state index contributed by atoms with van der Waals surface area (Å²) in [4.78, 5) is 26.9. The summed E-state index contributed by atoms with van der Waals surface area (Å²) in [5.41, 5.74) is 1.54. The third-order valence-corrected chi connectivity index (χ3v) is 6.04. The number of hydrogen-bond acceptors (Lipinski definition) is 5. The minimum atomic E-state index is -0.188. The molecule has 0 aromatic heterocycles. The molecule has 0 unspecified atom stereocenters. The maximum atomic E-state index is 12.7.